The number of aliphatic hydroxyl groups is 1. The van der Waals surface area contributed by atoms with Gasteiger partial charge in [-0.25, -0.2) is 4.79 Å². The summed E-state index contributed by atoms with van der Waals surface area (Å²) in [6.07, 6.45) is 8.46. The second-order valence-corrected chi connectivity index (χ2v) is 13.3. The third-order valence-electron chi connectivity index (χ3n) is 8.88. The first kappa shape index (κ1) is 40.6. The maximum Gasteiger partial charge on any atom is 0.407 e. The lowest BCUT2D eigenvalue weighted by molar-refractivity contribution is -0.145. The highest BCUT2D eigenvalue weighted by molar-refractivity contribution is 5.86. The Bertz CT molecular complexity index is 1570. The minimum Gasteiger partial charge on any atom is -0.489 e. The largest absolute Gasteiger partial charge is 0.489 e. The zero-order valence-corrected chi connectivity index (χ0v) is 30.4. The third-order valence-corrected chi connectivity index (χ3v) is 8.88. The first-order valence-corrected chi connectivity index (χ1v) is 18.6. The normalized spacial score (nSPS) is 17.4. The van der Waals surface area contributed by atoms with E-state index < -0.39 is 24.1 Å². The lowest BCUT2D eigenvalue weighted by Crippen LogP contribution is -2.45. The van der Waals surface area contributed by atoms with Crippen molar-refractivity contribution in [2.24, 2.45) is 5.92 Å². The van der Waals surface area contributed by atoms with E-state index in [1.807, 2.05) is 97.1 Å². The van der Waals surface area contributed by atoms with Crippen molar-refractivity contribution in [3.05, 3.63) is 114 Å². The zero-order chi connectivity index (χ0) is 37.5. The Labute approximate surface area is 312 Å². The molecule has 1 heterocycles. The summed E-state index contributed by atoms with van der Waals surface area (Å²) in [4.78, 5) is 51.3. The number of ether oxygens (including phenoxy) is 3. The number of allylic oxidation sites excluding steroid dienone is 2. The molecule has 11 heteroatoms. The first-order valence-electron chi connectivity index (χ1n) is 18.6. The van der Waals surface area contributed by atoms with E-state index in [-0.39, 0.29) is 44.0 Å². The maximum atomic E-state index is 13.6. The van der Waals surface area contributed by atoms with E-state index in [9.17, 15) is 24.3 Å². The molecule has 3 aromatic rings. The number of nitrogens with one attached hydrogen (secondary N) is 3. The van der Waals surface area contributed by atoms with Crippen LogP contribution in [0.3, 0.4) is 0 Å². The fraction of sp³-hybridized carbons (Fsp3) is 0.429. The maximum absolute atomic E-state index is 13.6. The summed E-state index contributed by atoms with van der Waals surface area (Å²) >= 11 is 0. The highest BCUT2D eigenvalue weighted by Crippen LogP contribution is 2.17. The van der Waals surface area contributed by atoms with Crippen LogP contribution in [0.5, 0.6) is 5.75 Å². The van der Waals surface area contributed by atoms with Gasteiger partial charge in [0.15, 0.2) is 0 Å². The molecule has 1 aliphatic rings. The van der Waals surface area contributed by atoms with Crippen LogP contribution in [0.1, 0.15) is 74.5 Å². The summed E-state index contributed by atoms with van der Waals surface area (Å²) in [6, 6.07) is 25.9. The smallest absolute Gasteiger partial charge is 0.407 e. The summed E-state index contributed by atoms with van der Waals surface area (Å²) in [5.41, 5.74) is 2.89. The van der Waals surface area contributed by atoms with Crippen molar-refractivity contribution in [3.63, 3.8) is 0 Å². The Hall–Kier alpha value is -5.16. The van der Waals surface area contributed by atoms with E-state index in [4.69, 9.17) is 14.2 Å². The average Bonchev–Trinajstić information content (AvgIpc) is 3.17. The number of esters is 1. The van der Waals surface area contributed by atoms with E-state index in [0.29, 0.717) is 58.1 Å². The molecule has 0 radical (unpaired) electrons. The standard InChI is InChI=1S/C42H53N3O8/c46-28-37(26-32-21-23-38(24-22-32)51-29-33-14-6-4-7-15-33)44-39(47)27-35-18-10-2-1-3-11-20-40(48)52-31-36(45-41(35)49)19-12-13-25-43-42(50)53-30-34-16-8-5-9-17-34/h2,4-10,14-17,21-24,35-37,46H,1,3,11-13,18-20,25-31H2,(H,43,50)(H,44,47)(H,45,49). The molecule has 1 aliphatic heterocycles. The molecule has 0 saturated carbocycles. The van der Waals surface area contributed by atoms with Crippen LogP contribution in [0.2, 0.25) is 0 Å². The van der Waals surface area contributed by atoms with Crippen LogP contribution in [0.4, 0.5) is 4.79 Å². The Morgan fingerprint density at radius 2 is 1.58 bits per heavy atom. The van der Waals surface area contributed by atoms with E-state index in [2.05, 4.69) is 16.0 Å². The number of alkyl carbamates (subject to hydrolysis) is 1. The summed E-state index contributed by atoms with van der Waals surface area (Å²) in [5, 5.41) is 18.8. The van der Waals surface area contributed by atoms with Crippen molar-refractivity contribution in [2.75, 3.05) is 19.8 Å². The number of unbranched alkanes of at least 4 members (excludes halogenated alkanes) is 1. The highest BCUT2D eigenvalue weighted by atomic mass is 16.5. The number of carbonyl (C=O) groups excluding carboxylic acids is 4. The van der Waals surface area contributed by atoms with Gasteiger partial charge in [0.1, 0.15) is 25.6 Å². The van der Waals surface area contributed by atoms with Gasteiger partial charge >= 0.3 is 12.1 Å². The Morgan fingerprint density at radius 1 is 0.868 bits per heavy atom. The van der Waals surface area contributed by atoms with Crippen LogP contribution in [-0.2, 0) is 43.5 Å². The SMILES string of the molecule is O=C(CC1CC=CCCCCC(=O)OCC(CCCCNC(=O)OCc2ccccc2)NC1=O)NC(CO)Cc1ccc(OCc2ccccc2)cc1. The van der Waals surface area contributed by atoms with Gasteiger partial charge < -0.3 is 35.3 Å². The van der Waals surface area contributed by atoms with E-state index in [1.165, 1.54) is 0 Å². The molecule has 4 N–H and O–H groups in total. The van der Waals surface area contributed by atoms with Crippen LogP contribution in [0, 0.1) is 5.92 Å². The molecule has 0 aromatic heterocycles. The van der Waals surface area contributed by atoms with E-state index in [1.54, 1.807) is 0 Å². The highest BCUT2D eigenvalue weighted by Gasteiger charge is 2.25. The fourth-order valence-electron chi connectivity index (χ4n) is 5.87. The molecule has 284 valence electrons. The number of amides is 3. The molecule has 3 unspecified atom stereocenters. The van der Waals surface area contributed by atoms with Gasteiger partial charge in [-0.1, -0.05) is 84.9 Å². The average molecular weight is 728 g/mol. The quantitative estimate of drug-likeness (QED) is 0.0805. The van der Waals surface area contributed by atoms with Crippen LogP contribution >= 0.6 is 0 Å². The van der Waals surface area contributed by atoms with Crippen molar-refractivity contribution in [1.29, 1.82) is 0 Å². The predicted octanol–water partition coefficient (Wildman–Crippen LogP) is 5.94. The van der Waals surface area contributed by atoms with E-state index in [0.717, 1.165) is 35.3 Å². The summed E-state index contributed by atoms with van der Waals surface area (Å²) in [5.74, 6) is -0.895. The fourth-order valence-corrected chi connectivity index (χ4v) is 5.87. The lowest BCUT2D eigenvalue weighted by Gasteiger charge is -2.23. The Morgan fingerprint density at radius 3 is 2.30 bits per heavy atom. The molecule has 0 spiro atoms. The molecule has 3 aromatic carbocycles. The number of hydrogen-bond acceptors (Lipinski definition) is 8. The molecule has 3 atom stereocenters. The summed E-state index contributed by atoms with van der Waals surface area (Å²) < 4.78 is 16.6. The van der Waals surface area contributed by atoms with Gasteiger partial charge in [0, 0.05) is 19.4 Å². The van der Waals surface area contributed by atoms with E-state index >= 15 is 0 Å². The molecule has 0 fully saturated rings. The molecular formula is C42H53N3O8. The lowest BCUT2D eigenvalue weighted by atomic mass is 9.97. The second-order valence-electron chi connectivity index (χ2n) is 13.3. The molecule has 0 saturated heterocycles. The van der Waals surface area contributed by atoms with Crippen LogP contribution in [0.25, 0.3) is 0 Å². The number of hydrogen-bond donors (Lipinski definition) is 4. The van der Waals surface area contributed by atoms with Crippen LogP contribution in [-0.4, -0.2) is 60.8 Å². The first-order chi connectivity index (χ1) is 25.9. The Kier molecular flexibility index (Phi) is 17.9. The molecular weight excluding hydrogens is 674 g/mol. The van der Waals surface area contributed by atoms with Gasteiger partial charge in [-0.15, -0.1) is 0 Å². The number of rotatable bonds is 16. The summed E-state index contributed by atoms with van der Waals surface area (Å²) in [6.45, 7) is 0.785. The van der Waals surface area contributed by atoms with Gasteiger partial charge in [-0.05, 0) is 80.2 Å². The predicted molar refractivity (Wildman–Crippen MR) is 202 cm³/mol. The van der Waals surface area contributed by atoms with Crippen LogP contribution < -0.4 is 20.7 Å². The number of cyclic esters (lactones) is 1. The monoisotopic (exact) mass is 727 g/mol. The second kappa shape index (κ2) is 23.4. The number of benzene rings is 3. The Balaban J connectivity index is 1.26. The molecule has 0 aliphatic carbocycles. The third kappa shape index (κ3) is 16.4. The zero-order valence-electron chi connectivity index (χ0n) is 30.4. The van der Waals surface area contributed by atoms with Gasteiger partial charge in [-0.3, -0.25) is 14.4 Å². The van der Waals surface area contributed by atoms with Gasteiger partial charge in [0.25, 0.3) is 0 Å². The topological polar surface area (TPSA) is 152 Å². The minimum absolute atomic E-state index is 0.0224. The van der Waals surface area contributed by atoms with Crippen molar-refractivity contribution in [2.45, 2.75) is 89.5 Å². The molecule has 3 amide bonds. The van der Waals surface area contributed by atoms with Crippen molar-refractivity contribution in [1.82, 2.24) is 16.0 Å². The molecule has 11 nitrogen and oxygen atoms in total. The van der Waals surface area contributed by atoms with Gasteiger partial charge in [0.05, 0.1) is 24.6 Å². The van der Waals surface area contributed by atoms with Crippen molar-refractivity contribution in [3.8, 4) is 5.75 Å². The van der Waals surface area contributed by atoms with Crippen LogP contribution in [0.15, 0.2) is 97.1 Å². The van der Waals surface area contributed by atoms with Crippen molar-refractivity contribution < 1.29 is 38.5 Å². The minimum atomic E-state index is -0.658. The summed E-state index contributed by atoms with van der Waals surface area (Å²) in [7, 11) is 0. The van der Waals surface area contributed by atoms with Gasteiger partial charge in [-0.2, -0.15) is 0 Å². The molecule has 0 bridgehead atoms. The molecule has 4 rings (SSSR count). The molecule has 53 heavy (non-hydrogen) atoms. The van der Waals surface area contributed by atoms with Gasteiger partial charge in [0.2, 0.25) is 11.8 Å². The van der Waals surface area contributed by atoms with Crippen molar-refractivity contribution >= 4 is 23.9 Å². The number of carbonyl (C=O) groups is 4. The number of aliphatic hydroxyl groups excluding tert-OH is 1.